The molecule has 0 spiro atoms. The molecule has 242 valence electrons. The van der Waals surface area contributed by atoms with E-state index in [9.17, 15) is 28.8 Å². The van der Waals surface area contributed by atoms with E-state index in [0.29, 0.717) is 13.0 Å². The number of urea groups is 1. The van der Waals surface area contributed by atoms with Gasteiger partial charge in [0.25, 0.3) is 5.91 Å². The largest absolute Gasteiger partial charge is 0.447 e. The number of nitrogens with one attached hydrogen (secondary N) is 5. The number of rotatable bonds is 13. The van der Waals surface area contributed by atoms with Gasteiger partial charge in [-0.15, -0.1) is 6.58 Å². The van der Waals surface area contributed by atoms with E-state index in [-0.39, 0.29) is 31.4 Å². The molecule has 2 fully saturated rings. The van der Waals surface area contributed by atoms with Gasteiger partial charge in [0.1, 0.15) is 18.7 Å². The lowest BCUT2D eigenvalue weighted by Gasteiger charge is -2.37. The standard InChI is InChI=1S/C30H50N6O7/c1-10-12-19(22(37)25(39)32-13-11-2)33-24(38)21-18-14-17(18)15-36(21)26(40)23(30(6,7)8)35-27(41)34-20(29(3,4)5)16-43-28(42)31-9/h11,17-21,23H,2,10,12-16H2,1,3-9H3,(H,31,42)(H,32,39)(H,33,38)(H2,34,35,41)/t17?,18?,19?,20-,21?,23?/m1/s1. The lowest BCUT2D eigenvalue weighted by Crippen LogP contribution is -2.62. The number of piperidine rings is 1. The summed E-state index contributed by atoms with van der Waals surface area (Å²) >= 11 is 0. The number of fused-ring (bicyclic) bond motifs is 1. The first-order valence-electron chi connectivity index (χ1n) is 14.9. The Morgan fingerprint density at radius 3 is 2.19 bits per heavy atom. The molecule has 43 heavy (non-hydrogen) atoms. The van der Waals surface area contributed by atoms with Crippen LogP contribution in [-0.2, 0) is 23.9 Å². The second-order valence-corrected chi connectivity index (χ2v) is 13.5. The number of likely N-dealkylation sites (tertiary alicyclic amines) is 1. The minimum atomic E-state index is -1.02. The fraction of sp³-hybridized carbons (Fsp3) is 0.733. The van der Waals surface area contributed by atoms with Crippen LogP contribution in [0, 0.1) is 22.7 Å². The van der Waals surface area contributed by atoms with Crippen LogP contribution in [0.25, 0.3) is 0 Å². The number of carbonyl (C=O) groups excluding carboxylic acids is 6. The predicted molar refractivity (Wildman–Crippen MR) is 161 cm³/mol. The molecule has 1 saturated heterocycles. The maximum absolute atomic E-state index is 14.0. The number of hydrogen-bond acceptors (Lipinski definition) is 7. The highest BCUT2D eigenvalue weighted by Crippen LogP contribution is 2.50. The first-order chi connectivity index (χ1) is 20.0. The van der Waals surface area contributed by atoms with Crippen molar-refractivity contribution in [3.05, 3.63) is 12.7 Å². The molecule has 13 heteroatoms. The summed E-state index contributed by atoms with van der Waals surface area (Å²) in [5.74, 6) is -2.36. The van der Waals surface area contributed by atoms with Gasteiger partial charge in [0.15, 0.2) is 0 Å². The predicted octanol–water partition coefficient (Wildman–Crippen LogP) is 1.47. The second-order valence-electron chi connectivity index (χ2n) is 13.5. The summed E-state index contributed by atoms with van der Waals surface area (Å²) in [5, 5.41) is 13.2. The van der Waals surface area contributed by atoms with E-state index >= 15 is 0 Å². The van der Waals surface area contributed by atoms with Crippen molar-refractivity contribution in [1.82, 2.24) is 31.5 Å². The average molecular weight is 607 g/mol. The Balaban J connectivity index is 2.20. The molecule has 0 aromatic heterocycles. The van der Waals surface area contributed by atoms with Crippen LogP contribution in [-0.4, -0.2) is 91.4 Å². The van der Waals surface area contributed by atoms with Crippen molar-refractivity contribution >= 4 is 35.6 Å². The summed E-state index contributed by atoms with van der Waals surface area (Å²) in [6.45, 7) is 16.9. The SMILES string of the molecule is C=CCNC(=O)C(=O)C(CCC)NC(=O)C1C2CC2CN1C(=O)C(NC(=O)N[C@H](COC(=O)NC)C(C)(C)C)C(C)(C)C. The lowest BCUT2D eigenvalue weighted by molar-refractivity contribution is -0.144. The zero-order valence-electron chi connectivity index (χ0n) is 26.8. The van der Waals surface area contributed by atoms with Crippen molar-refractivity contribution < 1.29 is 33.5 Å². The Hall–Kier alpha value is -3.64. The molecule has 6 atom stereocenters. The molecule has 1 heterocycles. The van der Waals surface area contributed by atoms with Crippen molar-refractivity contribution in [1.29, 1.82) is 0 Å². The molecular formula is C30H50N6O7. The fourth-order valence-electron chi connectivity index (χ4n) is 5.14. The molecule has 0 bridgehead atoms. The Kier molecular flexibility index (Phi) is 12.2. The Morgan fingerprint density at radius 2 is 1.65 bits per heavy atom. The van der Waals surface area contributed by atoms with E-state index < -0.39 is 70.6 Å². The molecule has 2 rings (SSSR count). The minimum absolute atomic E-state index is 0.0579. The quantitative estimate of drug-likeness (QED) is 0.156. The molecule has 1 aliphatic carbocycles. The Morgan fingerprint density at radius 1 is 1.00 bits per heavy atom. The van der Waals surface area contributed by atoms with Crippen LogP contribution in [0.15, 0.2) is 12.7 Å². The van der Waals surface area contributed by atoms with Crippen molar-refractivity contribution in [2.45, 2.75) is 91.9 Å². The first-order valence-corrected chi connectivity index (χ1v) is 14.9. The van der Waals surface area contributed by atoms with Gasteiger partial charge in [-0.3, -0.25) is 19.2 Å². The van der Waals surface area contributed by atoms with Gasteiger partial charge in [-0.05, 0) is 35.5 Å². The molecule has 0 aromatic rings. The van der Waals surface area contributed by atoms with Crippen LogP contribution in [0.4, 0.5) is 9.59 Å². The zero-order chi connectivity index (χ0) is 32.7. The van der Waals surface area contributed by atoms with Crippen LogP contribution >= 0.6 is 0 Å². The number of amides is 6. The van der Waals surface area contributed by atoms with Crippen molar-refractivity contribution in [2.24, 2.45) is 22.7 Å². The van der Waals surface area contributed by atoms with Crippen molar-refractivity contribution in [2.75, 3.05) is 26.7 Å². The molecule has 13 nitrogen and oxygen atoms in total. The van der Waals surface area contributed by atoms with E-state index in [1.54, 1.807) is 0 Å². The third-order valence-electron chi connectivity index (χ3n) is 7.87. The number of ketones is 1. The molecule has 1 saturated carbocycles. The van der Waals surface area contributed by atoms with Crippen LogP contribution in [0.1, 0.15) is 67.7 Å². The van der Waals surface area contributed by atoms with Crippen LogP contribution < -0.4 is 26.6 Å². The summed E-state index contributed by atoms with van der Waals surface area (Å²) < 4.78 is 5.17. The van der Waals surface area contributed by atoms with Gasteiger partial charge in [-0.25, -0.2) is 9.59 Å². The number of nitrogens with zero attached hydrogens (tertiary/aromatic N) is 1. The van der Waals surface area contributed by atoms with Crippen LogP contribution in [0.2, 0.25) is 0 Å². The molecule has 6 amide bonds. The zero-order valence-corrected chi connectivity index (χ0v) is 26.8. The maximum atomic E-state index is 14.0. The highest BCUT2D eigenvalue weighted by Gasteiger charge is 2.58. The molecule has 5 unspecified atom stereocenters. The summed E-state index contributed by atoms with van der Waals surface area (Å²) in [6, 6.07) is -4.00. The third kappa shape index (κ3) is 9.69. The van der Waals surface area contributed by atoms with Gasteiger partial charge in [-0.2, -0.15) is 0 Å². The van der Waals surface area contributed by atoms with Crippen molar-refractivity contribution in [3.8, 4) is 0 Å². The number of ether oxygens (including phenoxy) is 1. The summed E-state index contributed by atoms with van der Waals surface area (Å²) in [6.07, 6.45) is 2.43. The Labute approximate surface area is 254 Å². The Bertz CT molecular complexity index is 1080. The normalized spacial score (nSPS) is 21.3. The molecular weight excluding hydrogens is 556 g/mol. The number of hydrogen-bond donors (Lipinski definition) is 5. The lowest BCUT2D eigenvalue weighted by atomic mass is 9.85. The summed E-state index contributed by atoms with van der Waals surface area (Å²) in [7, 11) is 1.44. The van der Waals surface area contributed by atoms with Gasteiger partial charge in [0, 0.05) is 20.1 Å². The van der Waals surface area contributed by atoms with E-state index in [1.807, 2.05) is 48.5 Å². The first kappa shape index (κ1) is 35.6. The van der Waals surface area contributed by atoms with E-state index in [4.69, 9.17) is 4.74 Å². The van der Waals surface area contributed by atoms with Crippen LogP contribution in [0.3, 0.4) is 0 Å². The molecule has 2 aliphatic rings. The molecule has 0 radical (unpaired) electrons. The van der Waals surface area contributed by atoms with E-state index in [2.05, 4.69) is 33.2 Å². The van der Waals surface area contributed by atoms with E-state index in [0.717, 1.165) is 6.42 Å². The van der Waals surface area contributed by atoms with Gasteiger partial charge >= 0.3 is 12.1 Å². The topological polar surface area (TPSA) is 175 Å². The number of alkyl carbamates (subject to hydrolysis) is 1. The summed E-state index contributed by atoms with van der Waals surface area (Å²) in [5.41, 5.74) is -1.19. The van der Waals surface area contributed by atoms with Crippen molar-refractivity contribution in [3.63, 3.8) is 0 Å². The highest BCUT2D eigenvalue weighted by atomic mass is 16.5. The second kappa shape index (κ2) is 14.7. The number of Topliss-reactive ketones (excluding diaryl/α,β-unsaturated/α-hetero) is 1. The molecule has 5 N–H and O–H groups in total. The average Bonchev–Trinajstić information content (AvgIpc) is 3.58. The van der Waals surface area contributed by atoms with Gasteiger partial charge in [0.05, 0.1) is 12.1 Å². The van der Waals surface area contributed by atoms with Crippen LogP contribution in [0.5, 0.6) is 0 Å². The highest BCUT2D eigenvalue weighted by molar-refractivity contribution is 6.38. The fourth-order valence-corrected chi connectivity index (χ4v) is 5.14. The third-order valence-corrected chi connectivity index (χ3v) is 7.87. The monoisotopic (exact) mass is 606 g/mol. The molecule has 0 aromatic carbocycles. The van der Waals surface area contributed by atoms with Gasteiger partial charge in [0.2, 0.25) is 17.6 Å². The van der Waals surface area contributed by atoms with Gasteiger partial charge < -0.3 is 36.2 Å². The van der Waals surface area contributed by atoms with E-state index in [1.165, 1.54) is 18.0 Å². The maximum Gasteiger partial charge on any atom is 0.406 e. The smallest absolute Gasteiger partial charge is 0.406 e. The number of carbonyl (C=O) groups is 6. The molecule has 1 aliphatic heterocycles. The van der Waals surface area contributed by atoms with Gasteiger partial charge in [-0.1, -0.05) is 61.0 Å². The minimum Gasteiger partial charge on any atom is -0.447 e. The summed E-state index contributed by atoms with van der Waals surface area (Å²) in [4.78, 5) is 79.0.